The van der Waals surface area contributed by atoms with Crippen LogP contribution in [0, 0.1) is 0 Å². The van der Waals surface area contributed by atoms with Gasteiger partial charge in [-0.3, -0.25) is 4.48 Å². The fourth-order valence-corrected chi connectivity index (χ4v) is 4.17. The second-order valence-corrected chi connectivity index (χ2v) is 7.84. The molecule has 1 unspecified atom stereocenters. The molecule has 1 aromatic carbocycles. The molecule has 3 nitrogen and oxygen atoms in total. The number of quaternary nitrogens is 1. The van der Waals surface area contributed by atoms with Gasteiger partial charge in [-0.2, -0.15) is 0 Å². The average molecular weight is 395 g/mol. The maximum atomic E-state index is 9.65. The molecular formula is C23H39ClN2O. The van der Waals surface area contributed by atoms with Gasteiger partial charge in [0.25, 0.3) is 0 Å². The van der Waals surface area contributed by atoms with Crippen molar-refractivity contribution >= 4 is 5.84 Å². The Kier molecular flexibility index (Phi) is 12.6. The van der Waals surface area contributed by atoms with Gasteiger partial charge in [0.2, 0.25) is 0 Å². The smallest absolute Gasteiger partial charge is 0.198 e. The number of aliphatic hydroxyl groups excluding tert-OH is 1. The molecule has 1 aliphatic heterocycles. The molecule has 1 atom stereocenters. The molecule has 0 saturated carbocycles. The Morgan fingerprint density at radius 3 is 2.19 bits per heavy atom. The van der Waals surface area contributed by atoms with Crippen LogP contribution in [-0.4, -0.2) is 41.7 Å². The van der Waals surface area contributed by atoms with E-state index in [2.05, 4.69) is 37.3 Å². The van der Waals surface area contributed by atoms with E-state index < -0.39 is 0 Å². The molecule has 0 aliphatic carbocycles. The van der Waals surface area contributed by atoms with Gasteiger partial charge in [-0.1, -0.05) is 88.6 Å². The summed E-state index contributed by atoms with van der Waals surface area (Å²) in [6.07, 6.45) is 13.4. The van der Waals surface area contributed by atoms with E-state index in [9.17, 15) is 5.11 Å². The second kappa shape index (κ2) is 14.1. The molecule has 0 saturated heterocycles. The lowest BCUT2D eigenvalue weighted by atomic mass is 10.1. The Hall–Kier alpha value is -0.900. The van der Waals surface area contributed by atoms with Crippen molar-refractivity contribution in [3.05, 3.63) is 35.9 Å². The summed E-state index contributed by atoms with van der Waals surface area (Å²) >= 11 is 0. The van der Waals surface area contributed by atoms with E-state index in [1.165, 1.54) is 69.2 Å². The molecule has 1 aliphatic rings. The van der Waals surface area contributed by atoms with Crippen LogP contribution in [0.25, 0.3) is 0 Å². The van der Waals surface area contributed by atoms with Crippen molar-refractivity contribution in [2.45, 2.75) is 77.7 Å². The SMILES string of the molecule is CCCCCCCCCCCC1=NCC[N+]1(CCO)Cc1ccccc1.[Cl-]. The number of benzene rings is 1. The summed E-state index contributed by atoms with van der Waals surface area (Å²) in [4.78, 5) is 4.85. The summed E-state index contributed by atoms with van der Waals surface area (Å²) in [5.41, 5.74) is 1.35. The third-order valence-electron chi connectivity index (χ3n) is 5.73. The van der Waals surface area contributed by atoms with Crippen molar-refractivity contribution in [3.8, 4) is 0 Å². The Balaban J connectivity index is 0.00000364. The summed E-state index contributed by atoms with van der Waals surface area (Å²) in [6, 6.07) is 10.7. The first-order valence-corrected chi connectivity index (χ1v) is 10.9. The van der Waals surface area contributed by atoms with Crippen LogP contribution in [0.2, 0.25) is 0 Å². The van der Waals surface area contributed by atoms with Crippen molar-refractivity contribution in [1.82, 2.24) is 0 Å². The van der Waals surface area contributed by atoms with Crippen molar-refractivity contribution in [1.29, 1.82) is 0 Å². The number of unbranched alkanes of at least 4 members (excludes halogenated alkanes) is 8. The van der Waals surface area contributed by atoms with Crippen LogP contribution >= 0.6 is 0 Å². The quantitative estimate of drug-likeness (QED) is 0.381. The lowest BCUT2D eigenvalue weighted by Gasteiger charge is -2.34. The van der Waals surface area contributed by atoms with Crippen molar-refractivity contribution in [3.63, 3.8) is 0 Å². The molecule has 1 N–H and O–H groups in total. The van der Waals surface area contributed by atoms with Gasteiger partial charge in [-0.05, 0) is 6.42 Å². The maximum Gasteiger partial charge on any atom is 0.198 e. The van der Waals surface area contributed by atoms with Gasteiger partial charge in [-0.25, -0.2) is 4.99 Å². The zero-order chi connectivity index (χ0) is 18.5. The highest BCUT2D eigenvalue weighted by Crippen LogP contribution is 2.24. The molecule has 27 heavy (non-hydrogen) atoms. The number of hydrogen-bond acceptors (Lipinski definition) is 2. The first-order valence-electron chi connectivity index (χ1n) is 10.9. The highest BCUT2D eigenvalue weighted by atomic mass is 35.5. The minimum absolute atomic E-state index is 0. The molecule has 154 valence electrons. The highest BCUT2D eigenvalue weighted by molar-refractivity contribution is 5.76. The van der Waals surface area contributed by atoms with E-state index in [-0.39, 0.29) is 19.0 Å². The van der Waals surface area contributed by atoms with E-state index in [4.69, 9.17) is 4.99 Å². The zero-order valence-corrected chi connectivity index (χ0v) is 18.0. The van der Waals surface area contributed by atoms with Crippen LogP contribution in [0.15, 0.2) is 35.3 Å². The molecule has 1 aromatic rings. The number of rotatable bonds is 14. The minimum Gasteiger partial charge on any atom is -1.00 e. The van der Waals surface area contributed by atoms with Gasteiger partial charge in [-0.15, -0.1) is 0 Å². The Bertz CT molecular complexity index is 520. The number of aliphatic hydroxyl groups is 1. The van der Waals surface area contributed by atoms with Crippen molar-refractivity contribution in [2.75, 3.05) is 26.2 Å². The van der Waals surface area contributed by atoms with E-state index in [0.29, 0.717) is 0 Å². The van der Waals surface area contributed by atoms with Gasteiger partial charge < -0.3 is 17.5 Å². The van der Waals surface area contributed by atoms with Gasteiger partial charge in [0.15, 0.2) is 5.84 Å². The Morgan fingerprint density at radius 1 is 0.926 bits per heavy atom. The molecule has 0 bridgehead atoms. The lowest BCUT2D eigenvalue weighted by Crippen LogP contribution is -3.00. The molecule has 0 fully saturated rings. The molecule has 0 amide bonds. The van der Waals surface area contributed by atoms with Crippen LogP contribution < -0.4 is 12.4 Å². The fourth-order valence-electron chi connectivity index (χ4n) is 4.17. The molecule has 1 heterocycles. The van der Waals surface area contributed by atoms with Crippen LogP contribution in [0.1, 0.15) is 76.7 Å². The number of nitrogens with zero attached hydrogens (tertiary/aromatic N) is 2. The van der Waals surface area contributed by atoms with Crippen molar-refractivity contribution in [2.24, 2.45) is 4.99 Å². The van der Waals surface area contributed by atoms with Gasteiger partial charge in [0, 0.05) is 12.0 Å². The first-order chi connectivity index (χ1) is 12.8. The summed E-state index contributed by atoms with van der Waals surface area (Å²) in [6.45, 7) is 6.24. The third-order valence-corrected chi connectivity index (χ3v) is 5.73. The molecule has 0 spiro atoms. The highest BCUT2D eigenvalue weighted by Gasteiger charge is 2.37. The summed E-state index contributed by atoms with van der Waals surface area (Å²) < 4.78 is 0.873. The summed E-state index contributed by atoms with van der Waals surface area (Å²) in [7, 11) is 0. The number of halogens is 1. The maximum absolute atomic E-state index is 9.65. The average Bonchev–Trinajstić information content (AvgIpc) is 3.03. The number of aliphatic imine (C=N–C) groups is 1. The van der Waals surface area contributed by atoms with Gasteiger partial charge in [0.05, 0.1) is 13.2 Å². The fraction of sp³-hybridized carbons (Fsp3) is 0.696. The topological polar surface area (TPSA) is 32.6 Å². The summed E-state index contributed by atoms with van der Waals surface area (Å²) in [5.74, 6) is 1.32. The van der Waals surface area contributed by atoms with E-state index in [1.54, 1.807) is 0 Å². The Labute approximate surface area is 172 Å². The molecule has 4 heteroatoms. The van der Waals surface area contributed by atoms with Crippen LogP contribution in [0.5, 0.6) is 0 Å². The summed E-state index contributed by atoms with van der Waals surface area (Å²) in [5, 5.41) is 9.65. The minimum atomic E-state index is 0. The molecule has 2 rings (SSSR count). The van der Waals surface area contributed by atoms with Crippen LogP contribution in [0.4, 0.5) is 0 Å². The van der Waals surface area contributed by atoms with E-state index in [1.807, 2.05) is 0 Å². The molecular weight excluding hydrogens is 356 g/mol. The monoisotopic (exact) mass is 394 g/mol. The van der Waals surface area contributed by atoms with Crippen LogP contribution in [-0.2, 0) is 6.54 Å². The molecule has 0 aromatic heterocycles. The van der Waals surface area contributed by atoms with Crippen molar-refractivity contribution < 1.29 is 22.0 Å². The predicted molar refractivity (Wildman–Crippen MR) is 111 cm³/mol. The van der Waals surface area contributed by atoms with Gasteiger partial charge in [0.1, 0.15) is 19.6 Å². The third kappa shape index (κ3) is 8.33. The second-order valence-electron chi connectivity index (χ2n) is 7.84. The van der Waals surface area contributed by atoms with E-state index in [0.717, 1.165) is 37.1 Å². The lowest BCUT2D eigenvalue weighted by molar-refractivity contribution is -0.850. The predicted octanol–water partition coefficient (Wildman–Crippen LogP) is 2.33. The number of amidine groups is 1. The Morgan fingerprint density at radius 2 is 1.56 bits per heavy atom. The first kappa shape index (κ1) is 24.1. The van der Waals surface area contributed by atoms with E-state index >= 15 is 0 Å². The van der Waals surface area contributed by atoms with Gasteiger partial charge >= 0.3 is 0 Å². The van der Waals surface area contributed by atoms with Crippen LogP contribution in [0.3, 0.4) is 0 Å². The number of hydrogen-bond donors (Lipinski definition) is 1. The normalized spacial score (nSPS) is 19.0. The molecule has 0 radical (unpaired) electrons. The largest absolute Gasteiger partial charge is 1.00 e. The zero-order valence-electron chi connectivity index (χ0n) is 17.2. The standard InChI is InChI=1S/C23H39N2O.ClH/c1-2-3-4-5-6-7-8-9-13-16-23-24-17-18-25(23,19-20-26)21-22-14-11-10-12-15-22;/h10-12,14-15,26H,2-9,13,16-21H2,1H3;1H/q+1;/p-1.